The second kappa shape index (κ2) is 4.37. The Morgan fingerprint density at radius 1 is 0.667 bits per heavy atom. The molecule has 0 saturated heterocycles. The zero-order valence-electron chi connectivity index (χ0n) is 8.13. The molecule has 1 rings (SSSR count). The van der Waals surface area contributed by atoms with Crippen LogP contribution in [0.2, 0.25) is 0 Å². The maximum atomic E-state index is 11.6. The Morgan fingerprint density at radius 3 is 1.00 bits per heavy atom. The molecule has 1 aliphatic heterocycles. The first kappa shape index (κ1) is 13.5. The first-order chi connectivity index (χ1) is 6.80. The van der Waals surface area contributed by atoms with Crippen molar-refractivity contribution in [2.24, 2.45) is 13.5 Å². The predicted molar refractivity (Wildman–Crippen MR) is 49.1 cm³/mol. The minimum Gasteiger partial charge on any atom is -0.777 e. The fourth-order valence-corrected chi connectivity index (χ4v) is 7.28. The normalized spacial score (nSPS) is 45.2. The van der Waals surface area contributed by atoms with Crippen molar-refractivity contribution in [1.82, 2.24) is 0 Å². The molecule has 90 valence electrons. The molecule has 0 aromatic rings. The van der Waals surface area contributed by atoms with Crippen molar-refractivity contribution in [2.75, 3.05) is 21.3 Å². The lowest BCUT2D eigenvalue weighted by Gasteiger charge is -2.41. The molecule has 0 atom stereocenters. The lowest BCUT2D eigenvalue weighted by Crippen LogP contribution is -2.12. The Balaban J connectivity index is 3.46. The molecule has 15 heavy (non-hydrogen) atoms. The summed E-state index contributed by atoms with van der Waals surface area (Å²) in [6.07, 6.45) is 0. The SMILES string of the molecule is COP1([O-])=NP([O-])(OC)=NP([O-])(OC)=N1. The maximum absolute atomic E-state index is 11.6. The van der Waals surface area contributed by atoms with Crippen molar-refractivity contribution in [2.45, 2.75) is 0 Å². The van der Waals surface area contributed by atoms with E-state index in [4.69, 9.17) is 0 Å². The molecule has 0 radical (unpaired) electrons. The predicted octanol–water partition coefficient (Wildman–Crippen LogP) is -0.141. The van der Waals surface area contributed by atoms with Crippen LogP contribution in [-0.2, 0) is 13.6 Å². The van der Waals surface area contributed by atoms with Gasteiger partial charge in [-0.3, -0.25) is 0 Å². The van der Waals surface area contributed by atoms with Crippen LogP contribution in [0.3, 0.4) is 0 Å². The second-order valence-corrected chi connectivity index (χ2v) is 8.47. The summed E-state index contributed by atoms with van der Waals surface area (Å²) in [6, 6.07) is 0. The van der Waals surface area contributed by atoms with E-state index in [1.54, 1.807) is 0 Å². The van der Waals surface area contributed by atoms with Crippen LogP contribution < -0.4 is 14.7 Å². The monoisotopic (exact) mass is 276 g/mol. The Labute approximate surface area is 86.8 Å². The summed E-state index contributed by atoms with van der Waals surface area (Å²) in [5.74, 6) is 0. The van der Waals surface area contributed by atoms with Crippen LogP contribution >= 0.6 is 23.0 Å². The molecule has 0 N–H and O–H groups in total. The Kier molecular flexibility index (Phi) is 3.94. The summed E-state index contributed by atoms with van der Waals surface area (Å²) >= 11 is 0. The average Bonchev–Trinajstić information content (AvgIpc) is 2.16. The van der Waals surface area contributed by atoms with Gasteiger partial charge in [-0.2, -0.15) is 0 Å². The highest BCUT2D eigenvalue weighted by molar-refractivity contribution is 7.76. The molecular formula is C3H9N3O6P3-3. The molecule has 0 aromatic carbocycles. The van der Waals surface area contributed by atoms with Crippen LogP contribution in [0, 0.1) is 0 Å². The van der Waals surface area contributed by atoms with Crippen molar-refractivity contribution in [1.29, 1.82) is 0 Å². The zero-order valence-corrected chi connectivity index (χ0v) is 10.8. The minimum absolute atomic E-state index is 1.03. The van der Waals surface area contributed by atoms with Gasteiger partial charge in [-0.15, -0.1) is 0 Å². The first-order valence-electron chi connectivity index (χ1n) is 3.52. The summed E-state index contributed by atoms with van der Waals surface area (Å²) in [6.45, 7) is 0. The lowest BCUT2D eigenvalue weighted by molar-refractivity contribution is -0.199. The van der Waals surface area contributed by atoms with E-state index in [1.807, 2.05) is 0 Å². The third kappa shape index (κ3) is 2.97. The average molecular weight is 276 g/mol. The van der Waals surface area contributed by atoms with Crippen LogP contribution in [0.1, 0.15) is 0 Å². The summed E-state index contributed by atoms with van der Waals surface area (Å²) in [5, 5.41) is 0. The van der Waals surface area contributed by atoms with Gasteiger partial charge in [0.1, 0.15) is 23.0 Å². The number of hydrogen-bond acceptors (Lipinski definition) is 9. The van der Waals surface area contributed by atoms with Gasteiger partial charge in [-0.05, 0) is 0 Å². The van der Waals surface area contributed by atoms with Gasteiger partial charge in [-0.1, -0.05) is 0 Å². The fourth-order valence-electron chi connectivity index (χ4n) is 0.701. The molecule has 0 amide bonds. The highest BCUT2D eigenvalue weighted by atomic mass is 31.3. The highest BCUT2D eigenvalue weighted by Gasteiger charge is 2.19. The zero-order chi connectivity index (χ0) is 11.7. The Morgan fingerprint density at radius 2 is 0.867 bits per heavy atom. The quantitative estimate of drug-likeness (QED) is 0.658. The van der Waals surface area contributed by atoms with Crippen molar-refractivity contribution in [3.8, 4) is 0 Å². The molecule has 12 heteroatoms. The summed E-state index contributed by atoms with van der Waals surface area (Å²) < 4.78 is 22.9. The third-order valence-corrected chi connectivity index (χ3v) is 8.24. The van der Waals surface area contributed by atoms with Crippen molar-refractivity contribution in [3.63, 3.8) is 0 Å². The van der Waals surface area contributed by atoms with Crippen LogP contribution in [-0.4, -0.2) is 21.3 Å². The second-order valence-electron chi connectivity index (χ2n) is 2.29. The molecule has 0 saturated carbocycles. The van der Waals surface area contributed by atoms with E-state index in [1.165, 1.54) is 0 Å². The van der Waals surface area contributed by atoms with Crippen molar-refractivity contribution in [3.05, 3.63) is 0 Å². The molecule has 0 unspecified atom stereocenters. The Hall–Kier alpha value is 0.450. The Bertz CT molecular complexity index is 339. The summed E-state index contributed by atoms with van der Waals surface area (Å²) in [4.78, 5) is 34.9. The number of nitrogens with zero attached hydrogens (tertiary/aromatic N) is 3. The van der Waals surface area contributed by atoms with Gasteiger partial charge in [0.2, 0.25) is 0 Å². The van der Waals surface area contributed by atoms with E-state index in [2.05, 4.69) is 27.1 Å². The van der Waals surface area contributed by atoms with E-state index in [-0.39, 0.29) is 0 Å². The highest BCUT2D eigenvalue weighted by Crippen LogP contribution is 2.70. The first-order valence-corrected chi connectivity index (χ1v) is 8.11. The summed E-state index contributed by atoms with van der Waals surface area (Å²) in [7, 11) is -8.89. The smallest absolute Gasteiger partial charge is 0.132 e. The van der Waals surface area contributed by atoms with Gasteiger partial charge in [0.05, 0.1) is 0 Å². The van der Waals surface area contributed by atoms with E-state index < -0.39 is 23.0 Å². The van der Waals surface area contributed by atoms with Gasteiger partial charge in [-0.25, -0.2) is 13.5 Å². The van der Waals surface area contributed by atoms with Crippen LogP contribution in [0.4, 0.5) is 0 Å². The molecular weight excluding hydrogens is 267 g/mol. The molecule has 0 bridgehead atoms. The fraction of sp³-hybridized carbons (Fsp3) is 1.00. The lowest BCUT2D eigenvalue weighted by atomic mass is 11.8. The number of hydrogen-bond donors (Lipinski definition) is 0. The van der Waals surface area contributed by atoms with E-state index in [0.29, 0.717) is 0 Å². The number of rotatable bonds is 3. The molecule has 0 aromatic heterocycles. The molecule has 0 spiro atoms. The van der Waals surface area contributed by atoms with Crippen molar-refractivity contribution >= 4 is 23.0 Å². The van der Waals surface area contributed by atoms with Gasteiger partial charge >= 0.3 is 0 Å². The van der Waals surface area contributed by atoms with Crippen LogP contribution in [0.25, 0.3) is 0 Å². The van der Waals surface area contributed by atoms with Gasteiger partial charge in [0, 0.05) is 21.3 Å². The van der Waals surface area contributed by atoms with Crippen LogP contribution in [0.15, 0.2) is 13.5 Å². The minimum atomic E-state index is -3.99. The maximum Gasteiger partial charge on any atom is 0.132 e. The molecule has 9 nitrogen and oxygen atoms in total. The van der Waals surface area contributed by atoms with Gasteiger partial charge in [0.25, 0.3) is 0 Å². The standard InChI is InChI=1S/C3H9N3O6P3/c1-10-13(7)4-14(8,11-2)6-15(9,5-13)12-3/h1-3H3/q-3. The van der Waals surface area contributed by atoms with E-state index >= 15 is 0 Å². The molecule has 0 aliphatic carbocycles. The van der Waals surface area contributed by atoms with Gasteiger partial charge < -0.3 is 28.3 Å². The molecule has 0 fully saturated rings. The van der Waals surface area contributed by atoms with E-state index in [9.17, 15) is 14.7 Å². The molecule has 1 heterocycles. The van der Waals surface area contributed by atoms with Crippen LogP contribution in [0.5, 0.6) is 0 Å². The summed E-state index contributed by atoms with van der Waals surface area (Å²) in [5.41, 5.74) is 0. The largest absolute Gasteiger partial charge is 0.777 e. The van der Waals surface area contributed by atoms with Crippen molar-refractivity contribution < 1.29 is 28.3 Å². The van der Waals surface area contributed by atoms with E-state index in [0.717, 1.165) is 21.3 Å². The third-order valence-electron chi connectivity index (χ3n) is 1.39. The van der Waals surface area contributed by atoms with Gasteiger partial charge in [0.15, 0.2) is 0 Å². The topological polar surface area (TPSA) is 134 Å². The molecule has 1 aliphatic rings.